The van der Waals surface area contributed by atoms with Gasteiger partial charge in [-0.25, -0.2) is 18.6 Å². The van der Waals surface area contributed by atoms with Crippen molar-refractivity contribution in [2.75, 3.05) is 13.2 Å². The van der Waals surface area contributed by atoms with Gasteiger partial charge in [0.2, 0.25) is 0 Å². The molecule has 5 rings (SSSR count). The van der Waals surface area contributed by atoms with Gasteiger partial charge in [0.25, 0.3) is 5.56 Å². The Morgan fingerprint density at radius 3 is 2.49 bits per heavy atom. The molecular weight excluding hydrogens is 506 g/mol. The zero-order chi connectivity index (χ0) is 27.5. The van der Waals surface area contributed by atoms with Crippen LogP contribution in [0.5, 0.6) is 0 Å². The normalized spacial score (nSPS) is 15.7. The summed E-state index contributed by atoms with van der Waals surface area (Å²) in [4.78, 5) is 32.0. The molecule has 39 heavy (non-hydrogen) atoms. The fraction of sp³-hybridized carbons (Fsp3) is 0.414. The van der Waals surface area contributed by atoms with Crippen molar-refractivity contribution < 1.29 is 18.3 Å². The third kappa shape index (κ3) is 5.58. The predicted octanol–water partition coefficient (Wildman–Crippen LogP) is 4.61. The Labute approximate surface area is 224 Å². The van der Waals surface area contributed by atoms with E-state index in [2.05, 4.69) is 0 Å². The Kier molecular flexibility index (Phi) is 8.04. The van der Waals surface area contributed by atoms with Gasteiger partial charge >= 0.3 is 5.69 Å². The van der Waals surface area contributed by atoms with E-state index in [1.807, 2.05) is 6.92 Å². The second kappa shape index (κ2) is 11.6. The fourth-order valence-electron chi connectivity index (χ4n) is 5.06. The number of imidazole rings is 1. The van der Waals surface area contributed by atoms with E-state index in [0.29, 0.717) is 43.1 Å². The first-order chi connectivity index (χ1) is 18.9. The summed E-state index contributed by atoms with van der Waals surface area (Å²) in [6, 6.07) is 10.3. The van der Waals surface area contributed by atoms with Crippen LogP contribution in [0.2, 0.25) is 0 Å². The molecule has 0 bridgehead atoms. The molecule has 0 N–H and O–H groups in total. The van der Waals surface area contributed by atoms with Crippen molar-refractivity contribution in [1.82, 2.24) is 18.7 Å². The zero-order valence-corrected chi connectivity index (χ0v) is 22.2. The first kappa shape index (κ1) is 27.0. The summed E-state index contributed by atoms with van der Waals surface area (Å²) in [7, 11) is 0. The van der Waals surface area contributed by atoms with Gasteiger partial charge in [-0.15, -0.1) is 0 Å². The van der Waals surface area contributed by atoms with Crippen molar-refractivity contribution in [3.05, 3.63) is 86.1 Å². The van der Waals surface area contributed by atoms with Crippen LogP contribution >= 0.6 is 0 Å². The second-order valence-corrected chi connectivity index (χ2v) is 9.78. The molecule has 0 aliphatic carbocycles. The lowest BCUT2D eigenvalue weighted by Crippen LogP contribution is -2.40. The van der Waals surface area contributed by atoms with Crippen LogP contribution in [0.4, 0.5) is 8.78 Å². The summed E-state index contributed by atoms with van der Waals surface area (Å²) in [5, 5.41) is 0. The molecule has 1 fully saturated rings. The molecule has 2 aromatic heterocycles. The molecule has 1 saturated heterocycles. The maximum Gasteiger partial charge on any atom is 0.332 e. The third-order valence-corrected chi connectivity index (χ3v) is 7.08. The number of ether oxygens (including phenoxy) is 2. The number of aromatic nitrogens is 4. The van der Waals surface area contributed by atoms with E-state index in [0.717, 1.165) is 24.8 Å². The summed E-state index contributed by atoms with van der Waals surface area (Å²) < 4.78 is 43.4. The maximum absolute atomic E-state index is 13.9. The molecule has 2 aromatic carbocycles. The predicted molar refractivity (Wildman–Crippen MR) is 144 cm³/mol. The van der Waals surface area contributed by atoms with Gasteiger partial charge in [-0.1, -0.05) is 12.1 Å². The average molecular weight is 539 g/mol. The summed E-state index contributed by atoms with van der Waals surface area (Å²) in [5.41, 5.74) is 1.63. The Morgan fingerprint density at radius 2 is 1.79 bits per heavy atom. The first-order valence-electron chi connectivity index (χ1n) is 13.4. The quantitative estimate of drug-likeness (QED) is 0.291. The zero-order valence-electron chi connectivity index (χ0n) is 22.2. The van der Waals surface area contributed by atoms with Gasteiger partial charge in [0.1, 0.15) is 17.5 Å². The van der Waals surface area contributed by atoms with Gasteiger partial charge in [-0.2, -0.15) is 0 Å². The molecule has 1 aliphatic rings. The van der Waals surface area contributed by atoms with Gasteiger partial charge in [0.15, 0.2) is 17.5 Å². The maximum atomic E-state index is 13.9. The molecule has 206 valence electrons. The molecule has 0 saturated carbocycles. The molecule has 1 unspecified atom stereocenters. The molecule has 0 spiro atoms. The Morgan fingerprint density at radius 1 is 1.03 bits per heavy atom. The molecular formula is C29H32F2N4O4. The van der Waals surface area contributed by atoms with Crippen molar-refractivity contribution >= 4 is 11.2 Å². The highest BCUT2D eigenvalue weighted by Crippen LogP contribution is 2.27. The number of halogens is 2. The topological polar surface area (TPSA) is 80.3 Å². The lowest BCUT2D eigenvalue weighted by molar-refractivity contribution is -0.163. The van der Waals surface area contributed by atoms with Gasteiger partial charge in [0, 0.05) is 31.8 Å². The van der Waals surface area contributed by atoms with E-state index in [1.165, 1.54) is 33.4 Å². The largest absolute Gasteiger partial charge is 0.353 e. The molecule has 1 aliphatic heterocycles. The van der Waals surface area contributed by atoms with Crippen LogP contribution in [0.3, 0.4) is 0 Å². The minimum absolute atomic E-state index is 0.174. The van der Waals surface area contributed by atoms with Gasteiger partial charge < -0.3 is 14.0 Å². The smallest absolute Gasteiger partial charge is 0.332 e. The first-order valence-corrected chi connectivity index (χ1v) is 13.4. The molecule has 10 heteroatoms. The SMILES string of the molecule is CCn1c(=O)n(CCCOC2CCCCO2)c(=O)c2c1nc(-c1ccc(F)cc1C)n2Cc1ccc(F)cc1. The van der Waals surface area contributed by atoms with E-state index in [1.54, 1.807) is 29.7 Å². The van der Waals surface area contributed by atoms with Crippen LogP contribution in [0, 0.1) is 18.6 Å². The standard InChI is InChI=1S/C29H32F2N4O4/c1-3-33-27-25(28(36)34(29(33)37)14-6-16-39-24-7-4-5-15-38-24)35(18-20-8-10-21(30)11-9-20)26(32-27)23-13-12-22(31)17-19(23)2/h8-13,17,24H,3-7,14-16,18H2,1-2H3. The molecule has 0 radical (unpaired) electrons. The van der Waals surface area contributed by atoms with Crippen molar-refractivity contribution in [2.45, 2.75) is 65.5 Å². The summed E-state index contributed by atoms with van der Waals surface area (Å²) in [5.74, 6) is -0.320. The van der Waals surface area contributed by atoms with Crippen molar-refractivity contribution in [3.8, 4) is 11.4 Å². The number of benzene rings is 2. The third-order valence-electron chi connectivity index (χ3n) is 7.08. The van der Waals surface area contributed by atoms with Crippen molar-refractivity contribution in [2.24, 2.45) is 0 Å². The Bertz CT molecular complexity index is 1580. The van der Waals surface area contributed by atoms with Crippen LogP contribution in [0.15, 0.2) is 52.1 Å². The Balaban J connectivity index is 1.60. The number of hydrogen-bond donors (Lipinski definition) is 0. The van der Waals surface area contributed by atoms with E-state index in [-0.39, 0.29) is 42.2 Å². The number of fused-ring (bicyclic) bond motifs is 1. The number of aryl methyl sites for hydroxylation is 2. The molecule has 8 nitrogen and oxygen atoms in total. The number of hydrogen-bond acceptors (Lipinski definition) is 5. The fourth-order valence-corrected chi connectivity index (χ4v) is 5.06. The van der Waals surface area contributed by atoms with E-state index in [4.69, 9.17) is 14.5 Å². The van der Waals surface area contributed by atoms with Crippen LogP contribution < -0.4 is 11.2 Å². The minimum atomic E-state index is -0.464. The van der Waals surface area contributed by atoms with Gasteiger partial charge in [-0.05, 0) is 81.0 Å². The lowest BCUT2D eigenvalue weighted by Gasteiger charge is -2.22. The second-order valence-electron chi connectivity index (χ2n) is 9.78. The average Bonchev–Trinajstić information content (AvgIpc) is 3.29. The Hall–Kier alpha value is -3.63. The molecule has 0 amide bonds. The highest BCUT2D eigenvalue weighted by Gasteiger charge is 2.23. The van der Waals surface area contributed by atoms with Crippen molar-refractivity contribution in [1.29, 1.82) is 0 Å². The van der Waals surface area contributed by atoms with Gasteiger partial charge in [-0.3, -0.25) is 13.9 Å². The van der Waals surface area contributed by atoms with E-state index >= 15 is 0 Å². The van der Waals surface area contributed by atoms with Crippen LogP contribution in [-0.2, 0) is 29.1 Å². The number of nitrogens with zero attached hydrogens (tertiary/aromatic N) is 4. The highest BCUT2D eigenvalue weighted by atomic mass is 19.1. The summed E-state index contributed by atoms with van der Waals surface area (Å²) in [6.07, 6.45) is 3.12. The monoisotopic (exact) mass is 538 g/mol. The molecule has 3 heterocycles. The summed E-state index contributed by atoms with van der Waals surface area (Å²) in [6.45, 7) is 5.31. The molecule has 1 atom stereocenters. The van der Waals surface area contributed by atoms with Crippen molar-refractivity contribution in [3.63, 3.8) is 0 Å². The van der Waals surface area contributed by atoms with E-state index in [9.17, 15) is 18.4 Å². The minimum Gasteiger partial charge on any atom is -0.353 e. The van der Waals surface area contributed by atoms with E-state index < -0.39 is 11.2 Å². The van der Waals surface area contributed by atoms with Crippen LogP contribution in [-0.4, -0.2) is 38.2 Å². The molecule has 4 aromatic rings. The van der Waals surface area contributed by atoms with Gasteiger partial charge in [0.05, 0.1) is 6.61 Å². The van der Waals surface area contributed by atoms with Crippen LogP contribution in [0.25, 0.3) is 22.6 Å². The summed E-state index contributed by atoms with van der Waals surface area (Å²) >= 11 is 0. The number of rotatable bonds is 9. The lowest BCUT2D eigenvalue weighted by atomic mass is 10.1. The highest BCUT2D eigenvalue weighted by molar-refractivity contribution is 5.78. The van der Waals surface area contributed by atoms with Crippen LogP contribution in [0.1, 0.15) is 43.7 Å².